The Hall–Kier alpha value is -8.95. The summed E-state index contributed by atoms with van der Waals surface area (Å²) in [6.07, 6.45) is 2.40. The number of anilines is 6. The van der Waals surface area contributed by atoms with Crippen LogP contribution in [0.25, 0.3) is 10.3 Å². The molecular weight excluding hydrogens is 985 g/mol. The maximum absolute atomic E-state index is 10.8. The molecule has 0 unspecified atom stereocenters. The standard InChI is InChI=1S/C56H62N20S/c1-29-19-32(4)42(33(5)20-29)62-49-44(36(8)25-41(61-49)73(15)46-37(9)23-31(3)24-38(46)10)65-68-51-40(27-58)47(56(11,12)13)71-76(51)55-70-69-54(77-55)75-28-39(26-57)48(72-75)67-66-45-50(63-43-34(6)21-30(2)22-35(43)7)64-53(59-14)74-18-16-17-60-52(45)74/h19-25,28,60H,16-18H2,1-15H3,(H,61,62)(H,59,63,64). The Morgan fingerprint density at radius 2 is 1.32 bits per heavy atom. The van der Waals surface area contributed by atoms with E-state index in [-0.39, 0.29) is 33.0 Å². The summed E-state index contributed by atoms with van der Waals surface area (Å²) in [5.41, 5.74) is 14.9. The minimum absolute atomic E-state index is 0.0475. The second kappa shape index (κ2) is 21.0. The molecule has 1 aliphatic rings. The van der Waals surface area contributed by atoms with Crippen LogP contribution in [0.15, 0.2) is 74.1 Å². The van der Waals surface area contributed by atoms with E-state index in [4.69, 9.17) is 35.4 Å². The molecule has 3 N–H and O–H groups in total. The predicted molar refractivity (Wildman–Crippen MR) is 303 cm³/mol. The molecule has 77 heavy (non-hydrogen) atoms. The van der Waals surface area contributed by atoms with Crippen molar-refractivity contribution in [3.8, 4) is 22.4 Å². The molecule has 6 heterocycles. The van der Waals surface area contributed by atoms with Crippen LogP contribution >= 0.6 is 11.3 Å². The van der Waals surface area contributed by atoms with E-state index >= 15 is 0 Å². The van der Waals surface area contributed by atoms with Gasteiger partial charge in [-0.25, -0.2) is 14.7 Å². The fraction of sp³-hybridized carbons (Fsp3) is 0.339. The van der Waals surface area contributed by atoms with Gasteiger partial charge in [-0.15, -0.1) is 35.8 Å². The van der Waals surface area contributed by atoms with Crippen molar-refractivity contribution in [1.29, 1.82) is 10.5 Å². The molecule has 0 aliphatic carbocycles. The Balaban J connectivity index is 1.12. The lowest BCUT2D eigenvalue weighted by Crippen LogP contribution is -2.26. The largest absolute Gasteiger partial charge is 0.369 e. The van der Waals surface area contributed by atoms with Crippen LogP contribution in [0, 0.1) is 91.9 Å². The van der Waals surface area contributed by atoms with Gasteiger partial charge in [0.25, 0.3) is 0 Å². The smallest absolute Gasteiger partial charge is 0.236 e. The van der Waals surface area contributed by atoms with Crippen LogP contribution in [0.3, 0.4) is 0 Å². The first-order chi connectivity index (χ1) is 36.7. The summed E-state index contributed by atoms with van der Waals surface area (Å²) in [6, 6.07) is 19.3. The van der Waals surface area contributed by atoms with Gasteiger partial charge in [0.1, 0.15) is 40.6 Å². The van der Waals surface area contributed by atoms with Crippen LogP contribution in [0.4, 0.5) is 63.5 Å². The number of aryl methyl sites for hydroxylation is 10. The molecule has 0 atom stereocenters. The molecule has 20 nitrogen and oxygen atoms in total. The topological polar surface area (TPSA) is 241 Å². The molecule has 0 bridgehead atoms. The summed E-state index contributed by atoms with van der Waals surface area (Å²) in [5.74, 6) is 2.70. The lowest BCUT2D eigenvalue weighted by molar-refractivity contribution is 0.558. The fourth-order valence-electron chi connectivity index (χ4n) is 10.0. The molecule has 0 amide bonds. The van der Waals surface area contributed by atoms with Crippen molar-refractivity contribution < 1.29 is 0 Å². The molecule has 0 saturated heterocycles. The maximum atomic E-state index is 10.8. The highest BCUT2D eigenvalue weighted by Crippen LogP contribution is 2.41. The third-order valence-electron chi connectivity index (χ3n) is 13.3. The van der Waals surface area contributed by atoms with Gasteiger partial charge in [-0.1, -0.05) is 85.2 Å². The van der Waals surface area contributed by atoms with Gasteiger partial charge in [-0.2, -0.15) is 25.3 Å². The summed E-state index contributed by atoms with van der Waals surface area (Å²) in [4.78, 5) is 17.3. The zero-order chi connectivity index (χ0) is 55.2. The van der Waals surface area contributed by atoms with Gasteiger partial charge in [0.15, 0.2) is 22.8 Å². The van der Waals surface area contributed by atoms with Crippen molar-refractivity contribution in [3.05, 3.63) is 127 Å². The lowest BCUT2D eigenvalue weighted by Gasteiger charge is -2.25. The average molecular weight is 1050 g/mol. The van der Waals surface area contributed by atoms with E-state index in [0.717, 1.165) is 84.9 Å². The van der Waals surface area contributed by atoms with Crippen molar-refractivity contribution in [2.24, 2.45) is 25.4 Å². The van der Waals surface area contributed by atoms with Gasteiger partial charge in [0.05, 0.1) is 17.6 Å². The number of benzene rings is 3. The van der Waals surface area contributed by atoms with E-state index < -0.39 is 5.41 Å². The first-order valence-electron chi connectivity index (χ1n) is 25.3. The molecule has 5 aromatic heterocycles. The third kappa shape index (κ3) is 10.4. The van der Waals surface area contributed by atoms with Crippen LogP contribution in [0.5, 0.6) is 0 Å². The molecule has 0 fully saturated rings. The number of nitrogens with one attached hydrogen (secondary N) is 3. The quantitative estimate of drug-likeness (QED) is 0.0968. The molecule has 0 spiro atoms. The zero-order valence-corrected chi connectivity index (χ0v) is 47.1. The summed E-state index contributed by atoms with van der Waals surface area (Å²) < 4.78 is 4.91. The Morgan fingerprint density at radius 3 is 1.95 bits per heavy atom. The Labute approximate surface area is 452 Å². The number of nitrogens with zero attached hydrogens (tertiary/aromatic N) is 17. The minimum atomic E-state index is -0.581. The summed E-state index contributed by atoms with van der Waals surface area (Å²) in [6.45, 7) is 27.9. The van der Waals surface area contributed by atoms with E-state index in [1.54, 1.807) is 0 Å². The number of rotatable bonds is 12. The van der Waals surface area contributed by atoms with E-state index in [9.17, 15) is 10.5 Å². The summed E-state index contributed by atoms with van der Waals surface area (Å²) in [5, 5.41) is 69.7. The maximum Gasteiger partial charge on any atom is 0.236 e. The molecule has 8 aromatic rings. The summed E-state index contributed by atoms with van der Waals surface area (Å²) >= 11 is 1.12. The van der Waals surface area contributed by atoms with Crippen LogP contribution in [-0.2, 0) is 12.0 Å². The first-order valence-corrected chi connectivity index (χ1v) is 26.1. The van der Waals surface area contributed by atoms with E-state index in [0.29, 0.717) is 59.0 Å². The van der Waals surface area contributed by atoms with Crippen LogP contribution in [0.1, 0.15) is 99.6 Å². The first kappa shape index (κ1) is 52.9. The zero-order valence-electron chi connectivity index (χ0n) is 46.3. The molecule has 1 aliphatic heterocycles. The van der Waals surface area contributed by atoms with Gasteiger partial charge in [-0.05, 0) is 121 Å². The van der Waals surface area contributed by atoms with Crippen LogP contribution in [0.2, 0.25) is 0 Å². The lowest BCUT2D eigenvalue weighted by atomic mass is 9.90. The number of fused-ring (bicyclic) bond motifs is 1. The fourth-order valence-corrected chi connectivity index (χ4v) is 10.7. The molecule has 3 aromatic carbocycles. The highest BCUT2D eigenvalue weighted by atomic mass is 32.1. The number of nitriles is 2. The van der Waals surface area contributed by atoms with Crippen LogP contribution in [-0.4, -0.2) is 64.9 Å². The minimum Gasteiger partial charge on any atom is -0.369 e. The molecule has 21 heteroatoms. The van der Waals surface area contributed by atoms with E-state index in [1.807, 2.05) is 66.3 Å². The Morgan fingerprint density at radius 1 is 0.714 bits per heavy atom. The third-order valence-corrected chi connectivity index (χ3v) is 14.2. The number of pyridine rings is 1. The Bertz CT molecular complexity index is 3810. The second-order valence-electron chi connectivity index (χ2n) is 20.7. The van der Waals surface area contributed by atoms with Gasteiger partial charge in [0.2, 0.25) is 22.0 Å². The van der Waals surface area contributed by atoms with Gasteiger partial charge in [-0.3, -0.25) is 4.57 Å². The highest BCUT2D eigenvalue weighted by Gasteiger charge is 2.30. The van der Waals surface area contributed by atoms with Gasteiger partial charge >= 0.3 is 0 Å². The summed E-state index contributed by atoms with van der Waals surface area (Å²) in [7, 11) is 3.84. The molecule has 0 saturated carbocycles. The number of azo groups is 2. The van der Waals surface area contributed by atoms with E-state index in [1.165, 1.54) is 21.1 Å². The normalized spacial score (nSPS) is 12.8. The number of hydrogen-bond donors (Lipinski definition) is 3. The van der Waals surface area contributed by atoms with E-state index in [2.05, 4.69) is 138 Å². The van der Waals surface area contributed by atoms with Crippen LogP contribution < -0.4 is 26.3 Å². The SMILES string of the molecule is CNc1nc(=Nc2c(C)cc(C)cc2C)c(N=Nc2nn(-c3nnc(-n4nc(C(C)(C)C)c(C#N)c4N=Nc4c(C)cc(N(C)c5c(C)cc(C)cc5C)nc4Nc4c(C)cc(C)cc4C)s3)cc2C#N)c2n1CCCN2. The second-order valence-corrected chi connectivity index (χ2v) is 21.6. The van der Waals surface area contributed by atoms with Crippen molar-refractivity contribution in [1.82, 2.24) is 44.3 Å². The van der Waals surface area contributed by atoms with Crippen molar-refractivity contribution in [2.75, 3.05) is 41.5 Å². The molecule has 9 rings (SSSR count). The monoisotopic (exact) mass is 1050 g/mol. The molecule has 392 valence electrons. The highest BCUT2D eigenvalue weighted by molar-refractivity contribution is 7.16. The van der Waals surface area contributed by atoms with Crippen molar-refractivity contribution in [2.45, 2.75) is 108 Å². The molecular formula is C56H62N20S. The number of hydrogen-bond acceptors (Lipinski definition) is 18. The average Bonchev–Trinajstić information content (AvgIpc) is 4.13. The number of aromatic nitrogens is 9. The van der Waals surface area contributed by atoms with Gasteiger partial charge < -0.3 is 20.9 Å². The van der Waals surface area contributed by atoms with Crippen molar-refractivity contribution >= 4 is 74.8 Å². The molecule has 0 radical (unpaired) electrons. The van der Waals surface area contributed by atoms with Crippen molar-refractivity contribution in [3.63, 3.8) is 0 Å². The van der Waals surface area contributed by atoms with Gasteiger partial charge in [0, 0.05) is 44.0 Å². The Kier molecular flexibility index (Phi) is 14.4. The predicted octanol–water partition coefficient (Wildman–Crippen LogP) is 13.1.